The van der Waals surface area contributed by atoms with Crippen molar-refractivity contribution in [1.29, 1.82) is 0 Å². The lowest BCUT2D eigenvalue weighted by atomic mass is 10.5. The number of hydrogen-bond donors (Lipinski definition) is 1. The van der Waals surface area contributed by atoms with Gasteiger partial charge in [-0.25, -0.2) is 0 Å². The van der Waals surface area contributed by atoms with Crippen LogP contribution in [0.1, 0.15) is 6.92 Å². The molecule has 0 aromatic carbocycles. The molecule has 0 spiro atoms. The molecule has 0 aliphatic rings. The Morgan fingerprint density at radius 1 is 1.56 bits per heavy atom. The zero-order valence-electron chi connectivity index (χ0n) is 5.20. The van der Waals surface area contributed by atoms with Crippen LogP contribution in [0, 0.1) is 0 Å². The number of hydrogen-bond acceptors (Lipinski definition) is 2. The lowest BCUT2D eigenvalue weighted by Gasteiger charge is -1.83. The molecule has 0 rings (SSSR count). The molecule has 0 heterocycles. The smallest absolute Gasteiger partial charge is 0.135 e. The van der Waals surface area contributed by atoms with Gasteiger partial charge in [-0.05, 0) is 12.3 Å². The molecule has 0 atom stereocenters. The number of thiocarbonyl (C=S) groups is 1. The molecule has 0 aliphatic heterocycles. The highest BCUT2D eigenvalue weighted by Gasteiger charge is 1.78. The van der Waals surface area contributed by atoms with Gasteiger partial charge in [-0.2, -0.15) is 0 Å². The van der Waals surface area contributed by atoms with E-state index in [1.165, 1.54) is 11.8 Å². The van der Waals surface area contributed by atoms with Gasteiger partial charge in [0.2, 0.25) is 0 Å². The first-order valence-corrected chi connectivity index (χ1v) is 3.80. The maximum Gasteiger partial charge on any atom is 0.135 e. The predicted octanol–water partition coefficient (Wildman–Crippen LogP) is 2.05. The van der Waals surface area contributed by atoms with Crippen molar-refractivity contribution >= 4 is 28.3 Å². The third-order valence-electron chi connectivity index (χ3n) is 0.566. The lowest BCUT2D eigenvalue weighted by molar-refractivity contribution is 1.74. The highest BCUT2D eigenvalue weighted by atomic mass is 32.2. The van der Waals surface area contributed by atoms with Crippen LogP contribution in [0.5, 0.6) is 0 Å². The Balaban J connectivity index is 3.36. The largest absolute Gasteiger partial charge is 0.384 e. The molecule has 0 aromatic heterocycles. The zero-order valence-corrected chi connectivity index (χ0v) is 6.84. The molecule has 0 bridgehead atoms. The van der Waals surface area contributed by atoms with Crippen LogP contribution < -0.4 is 5.73 Å². The molecule has 0 unspecified atom stereocenters. The van der Waals surface area contributed by atoms with Gasteiger partial charge < -0.3 is 5.73 Å². The summed E-state index contributed by atoms with van der Waals surface area (Å²) in [6.07, 6.45) is 5.76. The summed E-state index contributed by atoms with van der Waals surface area (Å²) in [6, 6.07) is 0. The maximum absolute atomic E-state index is 5.19. The molecule has 3 heteroatoms. The van der Waals surface area contributed by atoms with E-state index in [1.54, 1.807) is 0 Å². The second-order valence-electron chi connectivity index (χ2n) is 1.29. The fourth-order valence-corrected chi connectivity index (χ4v) is 0.733. The molecule has 0 aliphatic carbocycles. The summed E-state index contributed by atoms with van der Waals surface area (Å²) in [5, 5.41) is 1.85. The summed E-state index contributed by atoms with van der Waals surface area (Å²) in [6.45, 7) is 1.95. The monoisotopic (exact) mass is 159 g/mol. The van der Waals surface area contributed by atoms with Gasteiger partial charge >= 0.3 is 0 Å². The summed E-state index contributed by atoms with van der Waals surface area (Å²) in [4.78, 5) is 0. The molecule has 9 heavy (non-hydrogen) atoms. The van der Waals surface area contributed by atoms with Crippen molar-refractivity contribution in [3.63, 3.8) is 0 Å². The second-order valence-corrected chi connectivity index (χ2v) is 2.94. The Labute approximate surface area is 65.0 Å². The fourth-order valence-electron chi connectivity index (χ4n) is 0.263. The first-order chi connectivity index (χ1) is 4.27. The number of allylic oxidation sites excluding steroid dienone is 3. The number of thioether (sulfide) groups is 1. The van der Waals surface area contributed by atoms with Gasteiger partial charge in [-0.15, -0.1) is 0 Å². The van der Waals surface area contributed by atoms with E-state index in [4.69, 9.17) is 5.73 Å². The molecular formula is C6H9NS2. The highest BCUT2D eigenvalue weighted by Crippen LogP contribution is 2.00. The molecule has 0 radical (unpaired) electrons. The average molecular weight is 159 g/mol. The van der Waals surface area contributed by atoms with Gasteiger partial charge in [-0.3, -0.25) is 0 Å². The summed E-state index contributed by atoms with van der Waals surface area (Å²) >= 11 is 5.96. The first kappa shape index (κ1) is 8.72. The van der Waals surface area contributed by atoms with E-state index < -0.39 is 0 Å². The molecule has 0 saturated carbocycles. The summed E-state index contributed by atoms with van der Waals surface area (Å²) < 4.78 is 0.454. The van der Waals surface area contributed by atoms with Gasteiger partial charge in [0.05, 0.1) is 0 Å². The van der Waals surface area contributed by atoms with Crippen molar-refractivity contribution in [3.05, 3.63) is 23.6 Å². The lowest BCUT2D eigenvalue weighted by Crippen LogP contribution is -1.98. The van der Waals surface area contributed by atoms with Gasteiger partial charge in [0.15, 0.2) is 0 Å². The number of rotatable bonds is 2. The van der Waals surface area contributed by atoms with Crippen molar-refractivity contribution in [2.75, 3.05) is 0 Å². The Kier molecular flexibility index (Phi) is 5.67. The van der Waals surface area contributed by atoms with E-state index in [1.807, 2.05) is 30.6 Å². The van der Waals surface area contributed by atoms with E-state index in [0.717, 1.165) is 0 Å². The predicted molar refractivity (Wildman–Crippen MR) is 48.3 cm³/mol. The average Bonchev–Trinajstić information content (AvgIpc) is 1.80. The van der Waals surface area contributed by atoms with Crippen LogP contribution in [0.4, 0.5) is 0 Å². The zero-order chi connectivity index (χ0) is 7.11. The second kappa shape index (κ2) is 5.85. The van der Waals surface area contributed by atoms with Crippen LogP contribution in [0.3, 0.4) is 0 Å². The van der Waals surface area contributed by atoms with Crippen molar-refractivity contribution in [1.82, 2.24) is 0 Å². The van der Waals surface area contributed by atoms with E-state index >= 15 is 0 Å². The molecule has 50 valence electrons. The van der Waals surface area contributed by atoms with Crippen LogP contribution in [-0.4, -0.2) is 4.32 Å². The van der Waals surface area contributed by atoms with Crippen molar-refractivity contribution in [2.45, 2.75) is 6.92 Å². The third kappa shape index (κ3) is 7.72. The summed E-state index contributed by atoms with van der Waals surface area (Å²) in [7, 11) is 0. The number of nitrogens with two attached hydrogens (primary N) is 1. The van der Waals surface area contributed by atoms with Gasteiger partial charge in [-0.1, -0.05) is 42.2 Å². The SMILES string of the molecule is CC=CC=CSC(N)=S. The molecule has 2 N–H and O–H groups in total. The van der Waals surface area contributed by atoms with Crippen LogP contribution >= 0.6 is 24.0 Å². The normalized spacial score (nSPS) is 11.2. The first-order valence-electron chi connectivity index (χ1n) is 2.51. The Hall–Kier alpha value is -0.280. The Morgan fingerprint density at radius 2 is 2.22 bits per heavy atom. The van der Waals surface area contributed by atoms with Gasteiger partial charge in [0, 0.05) is 0 Å². The third-order valence-corrected chi connectivity index (χ3v) is 1.38. The minimum absolute atomic E-state index is 0.454. The quantitative estimate of drug-likeness (QED) is 0.493. The van der Waals surface area contributed by atoms with E-state index in [-0.39, 0.29) is 0 Å². The van der Waals surface area contributed by atoms with Crippen molar-refractivity contribution in [2.24, 2.45) is 5.73 Å². The minimum Gasteiger partial charge on any atom is -0.384 e. The van der Waals surface area contributed by atoms with E-state index in [0.29, 0.717) is 4.32 Å². The van der Waals surface area contributed by atoms with E-state index in [9.17, 15) is 0 Å². The molecule has 0 aromatic rings. The Morgan fingerprint density at radius 3 is 2.67 bits per heavy atom. The minimum atomic E-state index is 0.454. The van der Waals surface area contributed by atoms with Gasteiger partial charge in [0.1, 0.15) is 4.32 Å². The van der Waals surface area contributed by atoms with Crippen LogP contribution in [-0.2, 0) is 0 Å². The molecule has 0 fully saturated rings. The summed E-state index contributed by atoms with van der Waals surface area (Å²) in [5.74, 6) is 0. The van der Waals surface area contributed by atoms with Crippen LogP contribution in [0.15, 0.2) is 23.6 Å². The van der Waals surface area contributed by atoms with Crippen LogP contribution in [0.25, 0.3) is 0 Å². The topological polar surface area (TPSA) is 26.0 Å². The Bertz CT molecular complexity index is 138. The molecule has 0 amide bonds. The molecular weight excluding hydrogens is 150 g/mol. The standard InChI is InChI=1S/C6H9NS2/c1-2-3-4-5-9-6(7)8/h2-5H,1H3,(H2,7,8). The highest BCUT2D eigenvalue weighted by molar-refractivity contribution is 8.24. The van der Waals surface area contributed by atoms with Crippen molar-refractivity contribution < 1.29 is 0 Å². The van der Waals surface area contributed by atoms with Gasteiger partial charge in [0.25, 0.3) is 0 Å². The fraction of sp³-hybridized carbons (Fsp3) is 0.167. The summed E-state index contributed by atoms with van der Waals surface area (Å²) in [5.41, 5.74) is 5.19. The van der Waals surface area contributed by atoms with Crippen LogP contribution in [0.2, 0.25) is 0 Å². The molecule has 1 nitrogen and oxygen atoms in total. The van der Waals surface area contributed by atoms with E-state index in [2.05, 4.69) is 12.2 Å². The maximum atomic E-state index is 5.19. The van der Waals surface area contributed by atoms with Crippen molar-refractivity contribution in [3.8, 4) is 0 Å². The molecule has 0 saturated heterocycles.